The van der Waals surface area contributed by atoms with Gasteiger partial charge in [-0.05, 0) is 19.4 Å². The molecular weight excluding hydrogens is 301 g/mol. The number of carbonyl (C=O) groups excluding carboxylic acids is 1. The first-order valence-corrected chi connectivity index (χ1v) is 6.14. The summed E-state index contributed by atoms with van der Waals surface area (Å²) in [5, 5.41) is 6.27. The largest absolute Gasteiger partial charge is 0.347 e. The Bertz CT molecular complexity index is 568. The molecule has 0 radical (unpaired) electrons. The number of amides is 1. The maximum absolute atomic E-state index is 12.2. The summed E-state index contributed by atoms with van der Waals surface area (Å²) in [6, 6.07) is 0.184. The molecule has 1 aliphatic rings. The van der Waals surface area contributed by atoms with E-state index in [0.717, 1.165) is 25.9 Å². The van der Waals surface area contributed by atoms with Gasteiger partial charge in [-0.3, -0.25) is 4.79 Å². The average Bonchev–Trinajstić information content (AvgIpc) is 2.87. The summed E-state index contributed by atoms with van der Waals surface area (Å²) in [5.41, 5.74) is 0.979. The van der Waals surface area contributed by atoms with Gasteiger partial charge in [-0.15, -0.1) is 24.8 Å². The van der Waals surface area contributed by atoms with Crippen LogP contribution in [0.2, 0.25) is 0 Å². The molecule has 1 amide bonds. The molecule has 110 valence electrons. The molecule has 6 nitrogen and oxygen atoms in total. The Morgan fingerprint density at radius 2 is 2.05 bits per heavy atom. The van der Waals surface area contributed by atoms with Crippen molar-refractivity contribution in [2.45, 2.75) is 18.9 Å². The Morgan fingerprint density at radius 1 is 1.30 bits per heavy atom. The summed E-state index contributed by atoms with van der Waals surface area (Å²) >= 11 is 0. The molecule has 2 aromatic rings. The van der Waals surface area contributed by atoms with Crippen molar-refractivity contribution in [3.05, 3.63) is 30.5 Å². The van der Waals surface area contributed by atoms with Gasteiger partial charge in [0.1, 0.15) is 0 Å². The number of piperidine rings is 1. The van der Waals surface area contributed by atoms with Crippen molar-refractivity contribution in [2.75, 3.05) is 13.1 Å². The number of carbonyl (C=O) groups is 1. The van der Waals surface area contributed by atoms with E-state index < -0.39 is 0 Å². The fourth-order valence-corrected chi connectivity index (χ4v) is 2.24. The van der Waals surface area contributed by atoms with Gasteiger partial charge in [0.05, 0.1) is 0 Å². The summed E-state index contributed by atoms with van der Waals surface area (Å²) in [6.07, 6.45) is 8.96. The summed E-state index contributed by atoms with van der Waals surface area (Å²) in [5.74, 6) is -0.152. The van der Waals surface area contributed by atoms with E-state index in [4.69, 9.17) is 0 Å². The minimum atomic E-state index is -0.152. The van der Waals surface area contributed by atoms with Crippen LogP contribution in [0.25, 0.3) is 5.65 Å². The number of imidazole rings is 1. The van der Waals surface area contributed by atoms with E-state index in [-0.39, 0.29) is 36.8 Å². The lowest BCUT2D eigenvalue weighted by Crippen LogP contribution is -2.45. The van der Waals surface area contributed by atoms with Gasteiger partial charge < -0.3 is 15.0 Å². The topological polar surface area (TPSA) is 71.3 Å². The molecule has 3 heterocycles. The highest BCUT2D eigenvalue weighted by molar-refractivity contribution is 5.97. The van der Waals surface area contributed by atoms with Crippen molar-refractivity contribution < 1.29 is 4.79 Å². The minimum absolute atomic E-state index is 0. The van der Waals surface area contributed by atoms with E-state index in [1.807, 2.05) is 0 Å². The first-order chi connectivity index (χ1) is 8.84. The van der Waals surface area contributed by atoms with Gasteiger partial charge in [-0.1, -0.05) is 0 Å². The molecule has 8 heteroatoms. The van der Waals surface area contributed by atoms with Gasteiger partial charge >= 0.3 is 0 Å². The molecule has 0 aliphatic carbocycles. The monoisotopic (exact) mass is 317 g/mol. The number of halogens is 2. The maximum atomic E-state index is 12.2. The van der Waals surface area contributed by atoms with Crippen LogP contribution in [0, 0.1) is 0 Å². The summed E-state index contributed by atoms with van der Waals surface area (Å²) in [6.45, 7) is 1.85. The van der Waals surface area contributed by atoms with E-state index in [0.29, 0.717) is 11.3 Å². The lowest BCUT2D eigenvalue weighted by molar-refractivity contribution is 0.0927. The van der Waals surface area contributed by atoms with Crippen molar-refractivity contribution in [2.24, 2.45) is 0 Å². The molecule has 1 fully saturated rings. The number of fused-ring (bicyclic) bond motifs is 1. The fraction of sp³-hybridized carbons (Fsp3) is 0.417. The molecule has 1 aliphatic heterocycles. The first-order valence-electron chi connectivity index (χ1n) is 6.14. The molecule has 2 aromatic heterocycles. The Kier molecular flexibility index (Phi) is 6.19. The highest BCUT2D eigenvalue weighted by Crippen LogP contribution is 2.07. The fourth-order valence-electron chi connectivity index (χ4n) is 2.24. The van der Waals surface area contributed by atoms with E-state index in [1.54, 1.807) is 29.2 Å². The minimum Gasteiger partial charge on any atom is -0.347 e. The molecule has 1 saturated heterocycles. The molecular formula is C12H17Cl2N5O. The van der Waals surface area contributed by atoms with Gasteiger partial charge in [0.25, 0.3) is 5.91 Å². The third-order valence-electron chi connectivity index (χ3n) is 3.16. The van der Waals surface area contributed by atoms with Gasteiger partial charge in [-0.2, -0.15) is 0 Å². The molecule has 20 heavy (non-hydrogen) atoms. The molecule has 3 rings (SSSR count). The summed E-state index contributed by atoms with van der Waals surface area (Å²) in [7, 11) is 0. The second-order valence-corrected chi connectivity index (χ2v) is 4.45. The molecule has 0 aromatic carbocycles. The van der Waals surface area contributed by atoms with Crippen molar-refractivity contribution in [1.29, 1.82) is 0 Å². The zero-order valence-electron chi connectivity index (χ0n) is 10.8. The number of nitrogens with one attached hydrogen (secondary N) is 2. The van der Waals surface area contributed by atoms with E-state index in [9.17, 15) is 4.79 Å². The van der Waals surface area contributed by atoms with Crippen LogP contribution in [0.4, 0.5) is 0 Å². The number of rotatable bonds is 2. The second kappa shape index (κ2) is 7.42. The quantitative estimate of drug-likeness (QED) is 0.868. The normalized spacial score (nSPS) is 17.9. The molecule has 0 spiro atoms. The lowest BCUT2D eigenvalue weighted by atomic mass is 10.1. The SMILES string of the molecule is Cl.Cl.O=C(N[C@H]1CCCNC1)c1nccn2ccnc12. The standard InChI is InChI=1S/C12H15N5O.2ClH/c18-12(16-9-2-1-3-13-8-9)10-11-15-5-7-17(11)6-4-14-10;;/h4-7,9,13H,1-3,8H2,(H,16,18);2*1H/t9-;;/m0../s1. The predicted octanol–water partition coefficient (Wildman–Crippen LogP) is 1.05. The van der Waals surface area contributed by atoms with Crippen LogP contribution in [0.1, 0.15) is 23.3 Å². The number of hydrogen-bond donors (Lipinski definition) is 2. The molecule has 0 saturated carbocycles. The van der Waals surface area contributed by atoms with Crippen LogP contribution in [-0.2, 0) is 0 Å². The Hall–Kier alpha value is -1.37. The van der Waals surface area contributed by atoms with Crippen molar-refractivity contribution in [1.82, 2.24) is 25.0 Å². The average molecular weight is 318 g/mol. The van der Waals surface area contributed by atoms with Crippen LogP contribution < -0.4 is 10.6 Å². The Balaban J connectivity index is 0.000001000. The molecule has 0 bridgehead atoms. The molecule has 2 N–H and O–H groups in total. The summed E-state index contributed by atoms with van der Waals surface area (Å²) < 4.78 is 1.79. The Morgan fingerprint density at radius 3 is 2.75 bits per heavy atom. The third kappa shape index (κ3) is 3.39. The van der Waals surface area contributed by atoms with E-state index in [2.05, 4.69) is 20.6 Å². The van der Waals surface area contributed by atoms with Gasteiger partial charge in [0.2, 0.25) is 0 Å². The van der Waals surface area contributed by atoms with Crippen molar-refractivity contribution in [3.63, 3.8) is 0 Å². The summed E-state index contributed by atoms with van der Waals surface area (Å²) in [4.78, 5) is 20.5. The number of hydrogen-bond acceptors (Lipinski definition) is 4. The number of aromatic nitrogens is 3. The predicted molar refractivity (Wildman–Crippen MR) is 80.8 cm³/mol. The van der Waals surface area contributed by atoms with Gasteiger partial charge in [0, 0.05) is 37.4 Å². The highest BCUT2D eigenvalue weighted by Gasteiger charge is 2.19. The lowest BCUT2D eigenvalue weighted by Gasteiger charge is -2.23. The van der Waals surface area contributed by atoms with E-state index >= 15 is 0 Å². The highest BCUT2D eigenvalue weighted by atomic mass is 35.5. The Labute approximate surface area is 129 Å². The van der Waals surface area contributed by atoms with Crippen LogP contribution in [0.15, 0.2) is 24.8 Å². The first kappa shape index (κ1) is 16.7. The third-order valence-corrected chi connectivity index (χ3v) is 3.16. The van der Waals surface area contributed by atoms with E-state index in [1.165, 1.54) is 0 Å². The van der Waals surface area contributed by atoms with Gasteiger partial charge in [-0.25, -0.2) is 9.97 Å². The van der Waals surface area contributed by atoms with Crippen LogP contribution in [0.3, 0.4) is 0 Å². The molecule has 1 atom stereocenters. The van der Waals surface area contributed by atoms with Crippen LogP contribution in [0.5, 0.6) is 0 Å². The van der Waals surface area contributed by atoms with Gasteiger partial charge in [0.15, 0.2) is 11.3 Å². The zero-order chi connectivity index (χ0) is 12.4. The smallest absolute Gasteiger partial charge is 0.274 e. The van der Waals surface area contributed by atoms with Crippen LogP contribution >= 0.6 is 24.8 Å². The maximum Gasteiger partial charge on any atom is 0.274 e. The second-order valence-electron chi connectivity index (χ2n) is 4.45. The van der Waals surface area contributed by atoms with Crippen molar-refractivity contribution in [3.8, 4) is 0 Å². The zero-order valence-corrected chi connectivity index (χ0v) is 12.4. The molecule has 0 unspecified atom stereocenters. The van der Waals surface area contributed by atoms with Crippen molar-refractivity contribution >= 4 is 36.4 Å². The van der Waals surface area contributed by atoms with Crippen LogP contribution in [-0.4, -0.2) is 39.4 Å². The number of nitrogens with zero attached hydrogens (tertiary/aromatic N) is 3.